The van der Waals surface area contributed by atoms with Crippen molar-refractivity contribution in [1.82, 2.24) is 0 Å². The fourth-order valence-electron chi connectivity index (χ4n) is 0. The molecule has 0 atom stereocenters. The minimum atomic E-state index is 0. The van der Waals surface area contributed by atoms with Gasteiger partial charge in [0.2, 0.25) is 0 Å². The first-order chi connectivity index (χ1) is 1.00. The predicted octanol–water partition coefficient (Wildman–Crippen LogP) is 0.571. The molecule has 0 aliphatic carbocycles. The van der Waals surface area contributed by atoms with Gasteiger partial charge in [0, 0.05) is 71.7 Å². The third-order valence-corrected chi connectivity index (χ3v) is 0. The van der Waals surface area contributed by atoms with Gasteiger partial charge in [-0.25, -0.2) is 0 Å². The van der Waals surface area contributed by atoms with E-state index in [2.05, 4.69) is 16.0 Å². The first-order valence-corrected chi connectivity index (χ1v) is 1.46. The molecule has 0 aromatic carbocycles. The second-order valence-electron chi connectivity index (χ2n) is 0. The Labute approximate surface area is 92.3 Å². The predicted molar refractivity (Wildman–Crippen MR) is 5.86 cm³/mol. The SMILES string of the molecule is [CH3][Fe].[Cu].[Mn].[Ni].[W]. The molecule has 0 fully saturated rings. The summed E-state index contributed by atoms with van der Waals surface area (Å²) in [6, 6.07) is 0. The summed E-state index contributed by atoms with van der Waals surface area (Å²) in [5, 5.41) is 0. The number of hydrogen-bond donors (Lipinski definition) is 0. The van der Waals surface area contributed by atoms with Gasteiger partial charge in [0.15, 0.2) is 0 Å². The van der Waals surface area contributed by atoms with Crippen LogP contribution in [0.5, 0.6) is 0 Å². The van der Waals surface area contributed by atoms with Crippen LogP contribution in [0.1, 0.15) is 0 Å². The van der Waals surface area contributed by atoms with Crippen LogP contribution in [0.25, 0.3) is 0 Å². The third-order valence-electron chi connectivity index (χ3n) is 0. The van der Waals surface area contributed by atoms with Crippen molar-refractivity contribution in [2.24, 2.45) is 0 Å². The summed E-state index contributed by atoms with van der Waals surface area (Å²) in [6.07, 6.45) is 0. The van der Waals surface area contributed by atoms with Crippen LogP contribution in [0, 0.1) is 0 Å². The van der Waals surface area contributed by atoms with E-state index < -0.39 is 0 Å². The third kappa shape index (κ3) is 29.6. The van der Waals surface area contributed by atoms with Crippen molar-refractivity contribution < 1.29 is 87.7 Å². The van der Waals surface area contributed by atoms with Gasteiger partial charge in [0.25, 0.3) is 0 Å². The van der Waals surface area contributed by atoms with Crippen molar-refractivity contribution in [3.8, 4) is 0 Å². The van der Waals surface area contributed by atoms with Gasteiger partial charge >= 0.3 is 21.8 Å². The summed E-state index contributed by atoms with van der Waals surface area (Å²) in [5.74, 6) is 1.75. The molecule has 2 radical (unpaired) electrons. The van der Waals surface area contributed by atoms with Crippen LogP contribution in [0.4, 0.5) is 0 Å². The molecule has 0 spiro atoms. The van der Waals surface area contributed by atoms with Gasteiger partial charge in [0.05, 0.1) is 0 Å². The van der Waals surface area contributed by atoms with E-state index in [0.717, 1.165) is 0 Å². The summed E-state index contributed by atoms with van der Waals surface area (Å²) in [5.41, 5.74) is 0. The van der Waals surface area contributed by atoms with E-state index >= 15 is 0 Å². The average Bonchev–Trinajstić information content (AvgIpc) is 1.00. The smallest absolute Gasteiger partial charge is 0 e. The van der Waals surface area contributed by atoms with Crippen LogP contribution in [-0.2, 0) is 87.7 Å². The molecule has 0 bridgehead atoms. The fraction of sp³-hybridized carbons (Fsp3) is 1.00. The van der Waals surface area contributed by atoms with Crippen LogP contribution in [0.2, 0.25) is 5.82 Å². The first-order valence-electron chi connectivity index (χ1n) is 0.354. The van der Waals surface area contributed by atoms with Gasteiger partial charge in [-0.1, -0.05) is 0 Å². The quantitative estimate of drug-likeness (QED) is 0.492. The van der Waals surface area contributed by atoms with E-state index in [1.54, 1.807) is 5.82 Å². The Morgan fingerprint density at radius 3 is 1.17 bits per heavy atom. The molecule has 0 N–H and O–H groups in total. The number of hydrogen-bond acceptors (Lipinski definition) is 0. The standard InChI is InChI=1S/CH3.Cu.Fe.Mn.Ni.W/h1H3;;;;;. The molecule has 0 amide bonds. The summed E-state index contributed by atoms with van der Waals surface area (Å²) in [7, 11) is 0. The minimum Gasteiger partial charge on any atom is 0 e. The molecule has 0 saturated heterocycles. The maximum Gasteiger partial charge on any atom is 0 e. The van der Waals surface area contributed by atoms with Crippen LogP contribution >= 0.6 is 0 Å². The van der Waals surface area contributed by atoms with E-state index in [0.29, 0.717) is 0 Å². The molecule has 0 aromatic heterocycles. The largest absolute Gasteiger partial charge is 0 e. The zero-order chi connectivity index (χ0) is 2.00. The Kier molecular flexibility index (Phi) is 292. The van der Waals surface area contributed by atoms with E-state index in [1.807, 2.05) is 0 Å². The molecular weight excluding hydrogens is 429 g/mol. The van der Waals surface area contributed by atoms with Crippen LogP contribution in [0.15, 0.2) is 0 Å². The van der Waals surface area contributed by atoms with Crippen molar-refractivity contribution in [1.29, 1.82) is 0 Å². The maximum atomic E-state index is 3.25. The topological polar surface area (TPSA) is 0 Å². The molecule has 0 heterocycles. The van der Waals surface area contributed by atoms with Gasteiger partial charge < -0.3 is 0 Å². The molecule has 0 aliphatic heterocycles. The number of rotatable bonds is 0. The Balaban J connectivity index is -0.000000000833. The Morgan fingerprint density at radius 1 is 1.17 bits per heavy atom. The first kappa shape index (κ1) is 37.4. The summed E-state index contributed by atoms with van der Waals surface area (Å²) in [4.78, 5) is 0. The van der Waals surface area contributed by atoms with Gasteiger partial charge in [-0.05, 0) is 0 Å². The van der Waals surface area contributed by atoms with Gasteiger partial charge in [-0.2, -0.15) is 0 Å². The zero-order valence-electron chi connectivity index (χ0n) is 2.76. The molecule has 0 aromatic rings. The van der Waals surface area contributed by atoms with Crippen molar-refractivity contribution in [3.63, 3.8) is 0 Å². The average molecular weight is 432 g/mol. The van der Waals surface area contributed by atoms with E-state index in [-0.39, 0.29) is 71.7 Å². The monoisotopic (exact) mass is 431 g/mol. The second kappa shape index (κ2) is 46.8. The van der Waals surface area contributed by atoms with Gasteiger partial charge in [-0.15, -0.1) is 0 Å². The van der Waals surface area contributed by atoms with Gasteiger partial charge in [0.1, 0.15) is 0 Å². The summed E-state index contributed by atoms with van der Waals surface area (Å²) >= 11 is 3.25. The molecule has 0 aliphatic rings. The Bertz CT molecular complexity index is 15.5. The van der Waals surface area contributed by atoms with Crippen molar-refractivity contribution in [2.75, 3.05) is 0 Å². The Hall–Kier alpha value is 2.74. The van der Waals surface area contributed by atoms with E-state index in [4.69, 9.17) is 0 Å². The molecule has 5 heteroatoms. The van der Waals surface area contributed by atoms with Gasteiger partial charge in [-0.3, -0.25) is 0 Å². The van der Waals surface area contributed by atoms with Crippen molar-refractivity contribution >= 4 is 0 Å². The molecule has 0 unspecified atom stereocenters. The molecule has 0 nitrogen and oxygen atoms in total. The summed E-state index contributed by atoms with van der Waals surface area (Å²) in [6.45, 7) is 0. The molecular formula is CH3CuFeMnNiW. The van der Waals surface area contributed by atoms with Crippen LogP contribution in [0.3, 0.4) is 0 Å². The minimum absolute atomic E-state index is 0. The van der Waals surface area contributed by atoms with E-state index in [9.17, 15) is 0 Å². The zero-order valence-corrected chi connectivity index (χ0v) is 9.90. The molecule has 0 saturated carbocycles. The fourth-order valence-corrected chi connectivity index (χ4v) is 0. The second-order valence-corrected chi connectivity index (χ2v) is 0. The summed E-state index contributed by atoms with van der Waals surface area (Å²) < 4.78 is 0. The normalized spacial score (nSPS) is 1.00. The maximum absolute atomic E-state index is 3.25. The van der Waals surface area contributed by atoms with Crippen molar-refractivity contribution in [3.05, 3.63) is 0 Å². The van der Waals surface area contributed by atoms with Crippen LogP contribution < -0.4 is 0 Å². The Morgan fingerprint density at radius 2 is 1.17 bits per heavy atom. The van der Waals surface area contributed by atoms with Crippen LogP contribution in [-0.4, -0.2) is 0 Å². The molecule has 0 rings (SSSR count). The van der Waals surface area contributed by atoms with E-state index in [1.165, 1.54) is 0 Å². The molecule has 49 valence electrons. The van der Waals surface area contributed by atoms with Crippen molar-refractivity contribution in [2.45, 2.75) is 5.82 Å². The molecule has 6 heavy (non-hydrogen) atoms.